The van der Waals surface area contributed by atoms with Crippen molar-refractivity contribution in [2.45, 2.75) is 20.4 Å². The molecule has 0 amide bonds. The molecule has 2 rings (SSSR count). The van der Waals surface area contributed by atoms with Crippen molar-refractivity contribution in [2.24, 2.45) is 5.84 Å². The molecule has 0 saturated carbocycles. The van der Waals surface area contributed by atoms with Crippen LogP contribution in [0.5, 0.6) is 0 Å². The summed E-state index contributed by atoms with van der Waals surface area (Å²) < 4.78 is 4.86. The Morgan fingerprint density at radius 1 is 1.35 bits per heavy atom. The average molecular weight is 235 g/mol. The minimum atomic E-state index is 0.349. The molecule has 0 radical (unpaired) electrons. The summed E-state index contributed by atoms with van der Waals surface area (Å²) in [5.41, 5.74) is 3.29. The minimum absolute atomic E-state index is 0.349. The fourth-order valence-corrected chi connectivity index (χ4v) is 1.27. The second kappa shape index (κ2) is 4.74. The Balaban J connectivity index is 2.07. The summed E-state index contributed by atoms with van der Waals surface area (Å²) in [6, 6.07) is 0. The third-order valence-electron chi connectivity index (χ3n) is 2.08. The molecule has 17 heavy (non-hydrogen) atoms. The Hall–Kier alpha value is -2.22. The SMILES string of the molecule is Cc1nc(CNc2nc(NN)ncc2C)no1. The molecular formula is C9H13N7O. The van der Waals surface area contributed by atoms with Crippen LogP contribution in [-0.4, -0.2) is 20.1 Å². The van der Waals surface area contributed by atoms with Gasteiger partial charge >= 0.3 is 0 Å². The summed E-state index contributed by atoms with van der Waals surface area (Å²) in [5, 5.41) is 6.86. The van der Waals surface area contributed by atoms with Gasteiger partial charge in [0.15, 0.2) is 5.82 Å². The second-order valence-electron chi connectivity index (χ2n) is 3.45. The first-order chi connectivity index (χ1) is 8.19. The number of aryl methyl sites for hydroxylation is 2. The van der Waals surface area contributed by atoms with Gasteiger partial charge in [-0.05, 0) is 6.92 Å². The molecular weight excluding hydrogens is 222 g/mol. The summed E-state index contributed by atoms with van der Waals surface area (Å²) >= 11 is 0. The van der Waals surface area contributed by atoms with Gasteiger partial charge in [0.25, 0.3) is 0 Å². The molecule has 2 heterocycles. The molecule has 0 fully saturated rings. The molecule has 0 spiro atoms. The number of hydrogen-bond donors (Lipinski definition) is 3. The summed E-state index contributed by atoms with van der Waals surface area (Å²) in [4.78, 5) is 12.2. The normalized spacial score (nSPS) is 10.3. The van der Waals surface area contributed by atoms with Crippen molar-refractivity contribution in [1.82, 2.24) is 20.1 Å². The zero-order valence-corrected chi connectivity index (χ0v) is 9.56. The highest BCUT2D eigenvalue weighted by Gasteiger charge is 2.05. The average Bonchev–Trinajstić information content (AvgIpc) is 2.74. The zero-order chi connectivity index (χ0) is 12.3. The number of rotatable bonds is 4. The lowest BCUT2D eigenvalue weighted by Crippen LogP contribution is -2.13. The van der Waals surface area contributed by atoms with Crippen LogP contribution in [0.3, 0.4) is 0 Å². The van der Waals surface area contributed by atoms with Gasteiger partial charge in [0.05, 0.1) is 6.54 Å². The van der Waals surface area contributed by atoms with E-state index in [1.165, 1.54) is 0 Å². The molecule has 0 saturated heterocycles. The van der Waals surface area contributed by atoms with Crippen molar-refractivity contribution in [3.05, 3.63) is 23.5 Å². The Morgan fingerprint density at radius 2 is 2.18 bits per heavy atom. The molecule has 0 aromatic carbocycles. The molecule has 0 atom stereocenters. The molecule has 0 aliphatic rings. The van der Waals surface area contributed by atoms with E-state index in [0.29, 0.717) is 30.0 Å². The van der Waals surface area contributed by atoms with Crippen molar-refractivity contribution in [3.63, 3.8) is 0 Å². The van der Waals surface area contributed by atoms with Gasteiger partial charge in [0, 0.05) is 18.7 Å². The quantitative estimate of drug-likeness (QED) is 0.514. The number of anilines is 2. The molecule has 0 unspecified atom stereocenters. The minimum Gasteiger partial charge on any atom is -0.362 e. The summed E-state index contributed by atoms with van der Waals surface area (Å²) in [6.45, 7) is 4.06. The fraction of sp³-hybridized carbons (Fsp3) is 0.333. The van der Waals surface area contributed by atoms with Gasteiger partial charge < -0.3 is 9.84 Å². The number of nitrogens with zero attached hydrogens (tertiary/aromatic N) is 4. The highest BCUT2D eigenvalue weighted by Crippen LogP contribution is 2.12. The molecule has 4 N–H and O–H groups in total. The Bertz CT molecular complexity index is 510. The van der Waals surface area contributed by atoms with Crippen LogP contribution in [0.25, 0.3) is 0 Å². The van der Waals surface area contributed by atoms with Crippen molar-refractivity contribution < 1.29 is 4.52 Å². The van der Waals surface area contributed by atoms with Crippen LogP contribution in [0.15, 0.2) is 10.7 Å². The number of aromatic nitrogens is 4. The molecule has 0 aliphatic carbocycles. The van der Waals surface area contributed by atoms with E-state index in [2.05, 4.69) is 30.9 Å². The van der Waals surface area contributed by atoms with E-state index >= 15 is 0 Å². The standard InChI is InChI=1S/C9H13N7O/c1-5-3-12-9(15-10)14-8(5)11-4-7-13-6(2)17-16-7/h3H,4,10H2,1-2H3,(H2,11,12,14,15). The Morgan fingerprint density at radius 3 is 2.82 bits per heavy atom. The summed E-state index contributed by atoms with van der Waals surface area (Å²) in [7, 11) is 0. The lowest BCUT2D eigenvalue weighted by Gasteiger charge is -2.07. The number of nitrogens with two attached hydrogens (primary N) is 1. The second-order valence-corrected chi connectivity index (χ2v) is 3.45. The molecule has 0 aliphatic heterocycles. The number of hydrogen-bond acceptors (Lipinski definition) is 8. The lowest BCUT2D eigenvalue weighted by atomic mass is 10.3. The van der Waals surface area contributed by atoms with Gasteiger partial charge in [0.2, 0.25) is 11.8 Å². The number of nitrogens with one attached hydrogen (secondary N) is 2. The molecule has 8 heteroatoms. The zero-order valence-electron chi connectivity index (χ0n) is 9.56. The van der Waals surface area contributed by atoms with Crippen molar-refractivity contribution in [3.8, 4) is 0 Å². The van der Waals surface area contributed by atoms with Crippen molar-refractivity contribution in [2.75, 3.05) is 10.7 Å². The van der Waals surface area contributed by atoms with Gasteiger partial charge in [-0.1, -0.05) is 5.16 Å². The van der Waals surface area contributed by atoms with Crippen LogP contribution in [0.4, 0.5) is 11.8 Å². The van der Waals surface area contributed by atoms with E-state index in [4.69, 9.17) is 10.4 Å². The van der Waals surface area contributed by atoms with Crippen LogP contribution in [0.1, 0.15) is 17.3 Å². The lowest BCUT2D eigenvalue weighted by molar-refractivity contribution is 0.388. The van der Waals surface area contributed by atoms with Crippen LogP contribution >= 0.6 is 0 Å². The molecule has 90 valence electrons. The van der Waals surface area contributed by atoms with E-state index in [9.17, 15) is 0 Å². The van der Waals surface area contributed by atoms with E-state index in [0.717, 1.165) is 5.56 Å². The monoisotopic (exact) mass is 235 g/mol. The van der Waals surface area contributed by atoms with E-state index in [-0.39, 0.29) is 0 Å². The fourth-order valence-electron chi connectivity index (χ4n) is 1.27. The maximum atomic E-state index is 5.24. The highest BCUT2D eigenvalue weighted by molar-refractivity contribution is 5.45. The summed E-state index contributed by atoms with van der Waals surface area (Å²) in [6.07, 6.45) is 1.67. The van der Waals surface area contributed by atoms with Crippen LogP contribution in [-0.2, 0) is 6.54 Å². The van der Waals surface area contributed by atoms with Crippen LogP contribution in [0.2, 0.25) is 0 Å². The van der Waals surface area contributed by atoms with Gasteiger partial charge in [-0.2, -0.15) is 9.97 Å². The van der Waals surface area contributed by atoms with Crippen LogP contribution < -0.4 is 16.6 Å². The van der Waals surface area contributed by atoms with Crippen LogP contribution in [0, 0.1) is 13.8 Å². The third kappa shape index (κ3) is 2.67. The predicted molar refractivity (Wildman–Crippen MR) is 60.9 cm³/mol. The smallest absolute Gasteiger partial charge is 0.239 e. The highest BCUT2D eigenvalue weighted by atomic mass is 16.5. The summed E-state index contributed by atoms with van der Waals surface area (Å²) in [5.74, 6) is 7.37. The largest absolute Gasteiger partial charge is 0.362 e. The number of nitrogen functional groups attached to an aromatic ring is 1. The topological polar surface area (TPSA) is 115 Å². The van der Waals surface area contributed by atoms with E-state index < -0.39 is 0 Å². The van der Waals surface area contributed by atoms with Gasteiger partial charge in [-0.15, -0.1) is 0 Å². The molecule has 2 aromatic rings. The predicted octanol–water partition coefficient (Wildman–Crippen LogP) is 0.374. The first-order valence-electron chi connectivity index (χ1n) is 5.02. The molecule has 8 nitrogen and oxygen atoms in total. The van der Waals surface area contributed by atoms with E-state index in [1.807, 2.05) is 6.92 Å². The van der Waals surface area contributed by atoms with Crippen molar-refractivity contribution >= 4 is 11.8 Å². The van der Waals surface area contributed by atoms with Gasteiger partial charge in [-0.3, -0.25) is 5.43 Å². The third-order valence-corrected chi connectivity index (χ3v) is 2.08. The number of hydrazine groups is 1. The molecule has 2 aromatic heterocycles. The van der Waals surface area contributed by atoms with E-state index in [1.54, 1.807) is 13.1 Å². The van der Waals surface area contributed by atoms with Gasteiger partial charge in [0.1, 0.15) is 5.82 Å². The molecule has 0 bridgehead atoms. The first kappa shape index (κ1) is 11.3. The first-order valence-corrected chi connectivity index (χ1v) is 5.02. The van der Waals surface area contributed by atoms with Crippen molar-refractivity contribution in [1.29, 1.82) is 0 Å². The Kier molecular flexibility index (Phi) is 3.15. The van der Waals surface area contributed by atoms with Gasteiger partial charge in [-0.25, -0.2) is 10.8 Å². The maximum Gasteiger partial charge on any atom is 0.239 e. The Labute approximate surface area is 97.6 Å². The maximum absolute atomic E-state index is 5.24.